The van der Waals surface area contributed by atoms with Crippen LogP contribution in [-0.2, 0) is 4.74 Å². The van der Waals surface area contributed by atoms with Gasteiger partial charge in [-0.3, -0.25) is 0 Å². The van der Waals surface area contributed by atoms with E-state index in [1.165, 1.54) is 0 Å². The zero-order valence-corrected chi connectivity index (χ0v) is 15.9. The number of hydrogen-bond donors (Lipinski definition) is 5. The second kappa shape index (κ2) is 10.7. The molecule has 8 heteroatoms. The molecular weight excluding hydrogens is 348 g/mol. The van der Waals surface area contributed by atoms with Crippen LogP contribution >= 0.6 is 0 Å². The van der Waals surface area contributed by atoms with Gasteiger partial charge in [0.15, 0.2) is 0 Å². The van der Waals surface area contributed by atoms with Gasteiger partial charge < -0.3 is 31.1 Å². The van der Waals surface area contributed by atoms with Gasteiger partial charge >= 0.3 is 12.1 Å². The first-order chi connectivity index (χ1) is 13.0. The molecule has 0 radical (unpaired) electrons. The van der Waals surface area contributed by atoms with Crippen molar-refractivity contribution in [3.8, 4) is 0 Å². The average Bonchev–Trinajstić information content (AvgIpc) is 2.63. The van der Waals surface area contributed by atoms with Crippen LogP contribution in [0.15, 0.2) is 30.3 Å². The van der Waals surface area contributed by atoms with Crippen molar-refractivity contribution in [1.29, 1.82) is 0 Å². The van der Waals surface area contributed by atoms with Crippen LogP contribution in [0.1, 0.15) is 33.1 Å². The first-order valence-corrected chi connectivity index (χ1v) is 9.41. The van der Waals surface area contributed by atoms with Crippen molar-refractivity contribution in [2.45, 2.75) is 57.4 Å². The normalized spacial score (nSPS) is 22.1. The summed E-state index contributed by atoms with van der Waals surface area (Å²) < 4.78 is 5.90. The SMILES string of the molecule is CC(C)NC(=O)NCC[C@@H]1CC[C@H](NC(=O)Nc2ccccc2)[C@H](CO)O1. The summed E-state index contributed by atoms with van der Waals surface area (Å²) in [6, 6.07) is 8.48. The number of carbonyl (C=O) groups excluding carboxylic acids is 2. The van der Waals surface area contributed by atoms with E-state index in [1.807, 2.05) is 32.0 Å². The molecular formula is C19H30N4O4. The lowest BCUT2D eigenvalue weighted by Gasteiger charge is -2.36. The number of para-hydroxylation sites is 1. The Morgan fingerprint density at radius 3 is 2.59 bits per heavy atom. The number of carbonyl (C=O) groups is 2. The topological polar surface area (TPSA) is 112 Å². The first-order valence-electron chi connectivity index (χ1n) is 9.41. The molecule has 1 aromatic carbocycles. The molecule has 0 unspecified atom stereocenters. The van der Waals surface area contributed by atoms with Gasteiger partial charge in [-0.25, -0.2) is 9.59 Å². The highest BCUT2D eigenvalue weighted by atomic mass is 16.5. The van der Waals surface area contributed by atoms with Crippen molar-refractivity contribution in [3.63, 3.8) is 0 Å². The van der Waals surface area contributed by atoms with Crippen molar-refractivity contribution < 1.29 is 19.4 Å². The molecule has 150 valence electrons. The van der Waals surface area contributed by atoms with Gasteiger partial charge in [0.25, 0.3) is 0 Å². The molecule has 8 nitrogen and oxygen atoms in total. The van der Waals surface area contributed by atoms with Crippen LogP contribution in [0, 0.1) is 0 Å². The number of nitrogens with one attached hydrogen (secondary N) is 4. The average molecular weight is 378 g/mol. The summed E-state index contributed by atoms with van der Waals surface area (Å²) in [6.45, 7) is 4.12. The van der Waals surface area contributed by atoms with Gasteiger partial charge in [0, 0.05) is 18.3 Å². The van der Waals surface area contributed by atoms with Gasteiger partial charge in [-0.15, -0.1) is 0 Å². The lowest BCUT2D eigenvalue weighted by atomic mass is 9.97. The maximum atomic E-state index is 12.1. The molecule has 2 rings (SSSR count). The predicted molar refractivity (Wildman–Crippen MR) is 104 cm³/mol. The number of amides is 4. The van der Waals surface area contributed by atoms with Crippen LogP contribution < -0.4 is 21.3 Å². The number of aliphatic hydroxyl groups is 1. The molecule has 1 fully saturated rings. The van der Waals surface area contributed by atoms with E-state index in [0.717, 1.165) is 6.42 Å². The summed E-state index contributed by atoms with van der Waals surface area (Å²) in [6.07, 6.45) is 1.59. The van der Waals surface area contributed by atoms with Gasteiger partial charge in [-0.05, 0) is 45.2 Å². The van der Waals surface area contributed by atoms with Gasteiger partial charge in [-0.2, -0.15) is 0 Å². The summed E-state index contributed by atoms with van der Waals surface area (Å²) in [4.78, 5) is 23.7. The molecule has 1 aliphatic heterocycles. The number of ether oxygens (including phenoxy) is 1. The van der Waals surface area contributed by atoms with E-state index in [1.54, 1.807) is 12.1 Å². The van der Waals surface area contributed by atoms with E-state index in [0.29, 0.717) is 25.1 Å². The number of rotatable bonds is 7. The lowest BCUT2D eigenvalue weighted by molar-refractivity contribution is -0.0885. The maximum Gasteiger partial charge on any atom is 0.319 e. The van der Waals surface area contributed by atoms with Crippen LogP contribution in [0.25, 0.3) is 0 Å². The highest BCUT2D eigenvalue weighted by Crippen LogP contribution is 2.21. The third-order valence-electron chi connectivity index (χ3n) is 4.32. The molecule has 0 saturated carbocycles. The fourth-order valence-corrected chi connectivity index (χ4v) is 3.03. The first kappa shape index (κ1) is 21.0. The van der Waals surface area contributed by atoms with E-state index in [9.17, 15) is 14.7 Å². The Labute approximate surface area is 160 Å². The number of urea groups is 2. The van der Waals surface area contributed by atoms with Gasteiger partial charge in [0.05, 0.1) is 18.8 Å². The fourth-order valence-electron chi connectivity index (χ4n) is 3.03. The Bertz CT molecular complexity index is 597. The lowest BCUT2D eigenvalue weighted by Crippen LogP contribution is -2.52. The molecule has 1 heterocycles. The van der Waals surface area contributed by atoms with Crippen molar-refractivity contribution in [2.24, 2.45) is 0 Å². The quantitative estimate of drug-likeness (QED) is 0.498. The maximum absolute atomic E-state index is 12.1. The number of hydrogen-bond acceptors (Lipinski definition) is 4. The Hall–Kier alpha value is -2.32. The van der Waals surface area contributed by atoms with Crippen LogP contribution in [0.3, 0.4) is 0 Å². The second-order valence-corrected chi connectivity index (χ2v) is 6.97. The summed E-state index contributed by atoms with van der Waals surface area (Å²) in [5, 5.41) is 20.8. The number of benzene rings is 1. The van der Waals surface area contributed by atoms with Gasteiger partial charge in [0.1, 0.15) is 6.10 Å². The summed E-state index contributed by atoms with van der Waals surface area (Å²) >= 11 is 0. The molecule has 1 saturated heterocycles. The van der Waals surface area contributed by atoms with Crippen LogP contribution in [0.5, 0.6) is 0 Å². The van der Waals surface area contributed by atoms with Gasteiger partial charge in [0.2, 0.25) is 0 Å². The smallest absolute Gasteiger partial charge is 0.319 e. The van der Waals surface area contributed by atoms with E-state index >= 15 is 0 Å². The minimum Gasteiger partial charge on any atom is -0.394 e. The van der Waals surface area contributed by atoms with E-state index in [-0.39, 0.29) is 36.9 Å². The van der Waals surface area contributed by atoms with E-state index in [4.69, 9.17) is 4.74 Å². The number of anilines is 1. The molecule has 0 bridgehead atoms. The summed E-state index contributed by atoms with van der Waals surface area (Å²) in [5.41, 5.74) is 0.705. The molecule has 27 heavy (non-hydrogen) atoms. The monoisotopic (exact) mass is 378 g/mol. The van der Waals surface area contributed by atoms with Crippen molar-refractivity contribution in [2.75, 3.05) is 18.5 Å². The fraction of sp³-hybridized carbons (Fsp3) is 0.579. The zero-order chi connectivity index (χ0) is 19.6. The minimum atomic E-state index is -0.463. The van der Waals surface area contributed by atoms with Crippen molar-refractivity contribution in [1.82, 2.24) is 16.0 Å². The molecule has 1 aromatic rings. The van der Waals surface area contributed by atoms with E-state index in [2.05, 4.69) is 21.3 Å². The minimum absolute atomic E-state index is 0.0586. The highest BCUT2D eigenvalue weighted by molar-refractivity contribution is 5.89. The number of aliphatic hydroxyl groups excluding tert-OH is 1. The van der Waals surface area contributed by atoms with E-state index < -0.39 is 6.10 Å². The Morgan fingerprint density at radius 1 is 1.19 bits per heavy atom. The molecule has 4 amide bonds. The molecule has 1 aliphatic rings. The highest BCUT2D eigenvalue weighted by Gasteiger charge is 2.31. The third kappa shape index (κ3) is 7.44. The third-order valence-corrected chi connectivity index (χ3v) is 4.32. The largest absolute Gasteiger partial charge is 0.394 e. The summed E-state index contributed by atoms with van der Waals surface area (Å²) in [7, 11) is 0. The predicted octanol–water partition coefficient (Wildman–Crippen LogP) is 1.81. The molecule has 5 N–H and O–H groups in total. The Morgan fingerprint density at radius 2 is 1.93 bits per heavy atom. The second-order valence-electron chi connectivity index (χ2n) is 6.97. The van der Waals surface area contributed by atoms with Crippen LogP contribution in [0.2, 0.25) is 0 Å². The Kier molecular flexibility index (Phi) is 8.35. The molecule has 3 atom stereocenters. The van der Waals surface area contributed by atoms with Crippen LogP contribution in [0.4, 0.5) is 15.3 Å². The van der Waals surface area contributed by atoms with Gasteiger partial charge in [-0.1, -0.05) is 18.2 Å². The molecule has 0 aromatic heterocycles. The molecule has 0 spiro atoms. The van der Waals surface area contributed by atoms with Crippen LogP contribution in [-0.4, -0.2) is 54.6 Å². The Balaban J connectivity index is 1.73. The molecule has 0 aliphatic carbocycles. The standard InChI is InChI=1S/C19H30N4O4/c1-13(2)21-18(25)20-11-10-15-8-9-16(17(12-24)27-15)23-19(26)22-14-6-4-3-5-7-14/h3-7,13,15-17,24H,8-12H2,1-2H3,(H2,20,21,25)(H2,22,23,26)/t15-,16-,17-/m0/s1. The van der Waals surface area contributed by atoms with Crippen molar-refractivity contribution in [3.05, 3.63) is 30.3 Å². The summed E-state index contributed by atoms with van der Waals surface area (Å²) in [5.74, 6) is 0. The van der Waals surface area contributed by atoms with Crippen molar-refractivity contribution >= 4 is 17.7 Å². The zero-order valence-electron chi connectivity index (χ0n) is 15.9.